The molecule has 0 bridgehead atoms. The molecular formula is C21H28N4O4. The monoisotopic (exact) mass is 400 g/mol. The van der Waals surface area contributed by atoms with Crippen LogP contribution in [-0.2, 0) is 9.47 Å². The van der Waals surface area contributed by atoms with E-state index in [-0.39, 0.29) is 29.8 Å². The van der Waals surface area contributed by atoms with E-state index in [1.165, 1.54) is 0 Å². The average Bonchev–Trinajstić information content (AvgIpc) is 3.16. The average molecular weight is 400 g/mol. The molecule has 1 unspecified atom stereocenters. The zero-order chi connectivity index (χ0) is 20.6. The van der Waals surface area contributed by atoms with Gasteiger partial charge in [-0.2, -0.15) is 5.10 Å². The molecule has 1 atom stereocenters. The predicted molar refractivity (Wildman–Crippen MR) is 109 cm³/mol. The molecule has 1 fully saturated rings. The fraction of sp³-hybridized carbons (Fsp3) is 0.476. The lowest BCUT2D eigenvalue weighted by atomic mass is 10.2. The summed E-state index contributed by atoms with van der Waals surface area (Å²) >= 11 is 0. The minimum Gasteiger partial charge on any atom is -0.377 e. The van der Waals surface area contributed by atoms with Crippen molar-refractivity contribution in [2.24, 2.45) is 0 Å². The van der Waals surface area contributed by atoms with Crippen LogP contribution in [0.5, 0.6) is 0 Å². The fourth-order valence-corrected chi connectivity index (χ4v) is 3.06. The smallest absolute Gasteiger partial charge is 0.274 e. The molecular weight excluding hydrogens is 372 g/mol. The van der Waals surface area contributed by atoms with E-state index in [9.17, 15) is 9.59 Å². The largest absolute Gasteiger partial charge is 0.377 e. The summed E-state index contributed by atoms with van der Waals surface area (Å²) in [7, 11) is 0. The number of carbonyl (C=O) groups excluding carboxylic acids is 2. The molecule has 2 heterocycles. The van der Waals surface area contributed by atoms with Gasteiger partial charge < -0.3 is 20.1 Å². The number of benzene rings is 1. The van der Waals surface area contributed by atoms with Crippen molar-refractivity contribution in [3.8, 4) is 0 Å². The molecule has 1 aliphatic heterocycles. The van der Waals surface area contributed by atoms with Gasteiger partial charge in [0.1, 0.15) is 6.23 Å². The SMILES string of the molecule is CC(C)OCCNC(=O)c1nn(C2CCCCO2)cc1NC(=O)c1ccccc1. The van der Waals surface area contributed by atoms with Gasteiger partial charge in [0, 0.05) is 18.7 Å². The Kier molecular flexibility index (Phi) is 7.37. The van der Waals surface area contributed by atoms with E-state index in [4.69, 9.17) is 9.47 Å². The molecule has 3 rings (SSSR count). The van der Waals surface area contributed by atoms with Crippen LogP contribution in [0, 0.1) is 0 Å². The fourth-order valence-electron chi connectivity index (χ4n) is 3.06. The summed E-state index contributed by atoms with van der Waals surface area (Å²) in [5.74, 6) is -0.665. The minimum absolute atomic E-state index is 0.0929. The van der Waals surface area contributed by atoms with Crippen LogP contribution in [0.25, 0.3) is 0 Å². The molecule has 0 spiro atoms. The van der Waals surface area contributed by atoms with Crippen molar-refractivity contribution in [3.05, 3.63) is 47.8 Å². The van der Waals surface area contributed by atoms with Crippen molar-refractivity contribution in [1.82, 2.24) is 15.1 Å². The lowest BCUT2D eigenvalue weighted by Crippen LogP contribution is -2.29. The Labute approximate surface area is 170 Å². The lowest BCUT2D eigenvalue weighted by molar-refractivity contribution is -0.0395. The van der Waals surface area contributed by atoms with Crippen LogP contribution in [0.4, 0.5) is 5.69 Å². The second kappa shape index (κ2) is 10.2. The molecule has 156 valence electrons. The minimum atomic E-state index is -0.365. The third kappa shape index (κ3) is 5.88. The van der Waals surface area contributed by atoms with Gasteiger partial charge in [0.2, 0.25) is 0 Å². The van der Waals surface area contributed by atoms with Crippen LogP contribution >= 0.6 is 0 Å². The van der Waals surface area contributed by atoms with Gasteiger partial charge in [-0.3, -0.25) is 9.59 Å². The Morgan fingerprint density at radius 3 is 2.72 bits per heavy atom. The van der Waals surface area contributed by atoms with Crippen LogP contribution in [0.1, 0.15) is 60.2 Å². The molecule has 1 aromatic heterocycles. The molecule has 1 aliphatic rings. The molecule has 0 radical (unpaired) electrons. The van der Waals surface area contributed by atoms with Gasteiger partial charge in [-0.1, -0.05) is 18.2 Å². The van der Waals surface area contributed by atoms with Crippen LogP contribution in [0.2, 0.25) is 0 Å². The highest BCUT2D eigenvalue weighted by molar-refractivity contribution is 6.08. The third-order valence-electron chi connectivity index (χ3n) is 4.52. The topological polar surface area (TPSA) is 94.5 Å². The van der Waals surface area contributed by atoms with Crippen LogP contribution < -0.4 is 10.6 Å². The molecule has 8 nitrogen and oxygen atoms in total. The molecule has 29 heavy (non-hydrogen) atoms. The van der Waals surface area contributed by atoms with Crippen LogP contribution in [-0.4, -0.2) is 47.5 Å². The zero-order valence-electron chi connectivity index (χ0n) is 16.9. The van der Waals surface area contributed by atoms with Crippen molar-refractivity contribution in [1.29, 1.82) is 0 Å². The second-order valence-corrected chi connectivity index (χ2v) is 7.19. The van der Waals surface area contributed by atoms with Gasteiger partial charge in [-0.05, 0) is 45.2 Å². The standard InChI is InChI=1S/C21H28N4O4/c1-15(2)28-13-11-22-21(27)19-17(23-20(26)16-8-4-3-5-9-16)14-25(24-19)18-10-6-7-12-29-18/h3-5,8-9,14-15,18H,6-7,10-13H2,1-2H3,(H,22,27)(H,23,26). The van der Waals surface area contributed by atoms with E-state index in [2.05, 4.69) is 15.7 Å². The van der Waals surface area contributed by atoms with Crippen molar-refractivity contribution in [3.63, 3.8) is 0 Å². The molecule has 2 amide bonds. The predicted octanol–water partition coefficient (Wildman–Crippen LogP) is 2.99. The molecule has 1 aromatic carbocycles. The summed E-state index contributed by atoms with van der Waals surface area (Å²) in [6, 6.07) is 8.85. The number of nitrogens with zero attached hydrogens (tertiary/aromatic N) is 2. The third-order valence-corrected chi connectivity index (χ3v) is 4.52. The Balaban J connectivity index is 1.75. The van der Waals surface area contributed by atoms with E-state index >= 15 is 0 Å². The lowest BCUT2D eigenvalue weighted by Gasteiger charge is -2.22. The number of amides is 2. The van der Waals surface area contributed by atoms with Crippen LogP contribution in [0.3, 0.4) is 0 Å². The summed E-state index contributed by atoms with van der Waals surface area (Å²) in [6.45, 7) is 5.29. The van der Waals surface area contributed by atoms with E-state index in [0.29, 0.717) is 31.0 Å². The normalized spacial score (nSPS) is 16.6. The van der Waals surface area contributed by atoms with Crippen molar-refractivity contribution >= 4 is 17.5 Å². The van der Waals surface area contributed by atoms with Crippen molar-refractivity contribution in [2.45, 2.75) is 45.4 Å². The number of ether oxygens (including phenoxy) is 2. The first-order valence-electron chi connectivity index (χ1n) is 10.0. The van der Waals surface area contributed by atoms with Gasteiger partial charge in [-0.25, -0.2) is 4.68 Å². The number of hydrogen-bond acceptors (Lipinski definition) is 5. The quantitative estimate of drug-likeness (QED) is 0.665. The van der Waals surface area contributed by atoms with Gasteiger partial charge in [0.25, 0.3) is 11.8 Å². The second-order valence-electron chi connectivity index (χ2n) is 7.19. The highest BCUT2D eigenvalue weighted by Gasteiger charge is 2.23. The summed E-state index contributed by atoms with van der Waals surface area (Å²) in [4.78, 5) is 25.3. The van der Waals surface area contributed by atoms with Crippen molar-refractivity contribution in [2.75, 3.05) is 25.1 Å². The number of aromatic nitrogens is 2. The van der Waals surface area contributed by atoms with Gasteiger partial charge in [0.15, 0.2) is 5.69 Å². The molecule has 0 saturated carbocycles. The maximum Gasteiger partial charge on any atom is 0.274 e. The molecule has 8 heteroatoms. The maximum absolute atomic E-state index is 12.7. The molecule has 1 saturated heterocycles. The highest BCUT2D eigenvalue weighted by Crippen LogP contribution is 2.25. The summed E-state index contributed by atoms with van der Waals surface area (Å²) < 4.78 is 12.8. The first kappa shape index (κ1) is 21.0. The maximum atomic E-state index is 12.7. The van der Waals surface area contributed by atoms with Gasteiger partial charge in [-0.15, -0.1) is 0 Å². The van der Waals surface area contributed by atoms with Crippen LogP contribution in [0.15, 0.2) is 36.5 Å². The Morgan fingerprint density at radius 1 is 1.24 bits per heavy atom. The van der Waals surface area contributed by atoms with E-state index in [0.717, 1.165) is 19.3 Å². The summed E-state index contributed by atoms with van der Waals surface area (Å²) in [5.41, 5.74) is 1.02. The molecule has 2 aromatic rings. The van der Waals surface area contributed by atoms with E-state index < -0.39 is 0 Å². The molecule has 0 aliphatic carbocycles. The number of rotatable bonds is 8. The summed E-state index contributed by atoms with van der Waals surface area (Å²) in [5, 5.41) is 10.0. The van der Waals surface area contributed by atoms with E-state index in [1.54, 1.807) is 35.1 Å². The number of nitrogens with one attached hydrogen (secondary N) is 2. The molecule has 2 N–H and O–H groups in total. The number of carbonyl (C=O) groups is 2. The highest BCUT2D eigenvalue weighted by atomic mass is 16.5. The van der Waals surface area contributed by atoms with Gasteiger partial charge in [0.05, 0.1) is 24.6 Å². The zero-order valence-corrected chi connectivity index (χ0v) is 16.9. The Hall–Kier alpha value is -2.71. The number of anilines is 1. The Bertz CT molecular complexity index is 813. The number of hydrogen-bond donors (Lipinski definition) is 2. The first-order chi connectivity index (χ1) is 14.0. The van der Waals surface area contributed by atoms with E-state index in [1.807, 2.05) is 19.9 Å². The summed E-state index contributed by atoms with van der Waals surface area (Å²) in [6.07, 6.45) is 4.38. The first-order valence-corrected chi connectivity index (χ1v) is 10.0. The Morgan fingerprint density at radius 2 is 2.03 bits per heavy atom. The van der Waals surface area contributed by atoms with Gasteiger partial charge >= 0.3 is 0 Å². The van der Waals surface area contributed by atoms with Crippen molar-refractivity contribution < 1.29 is 19.1 Å².